The second kappa shape index (κ2) is 6.67. The van der Waals surface area contributed by atoms with Crippen LogP contribution in [0.25, 0.3) is 0 Å². The van der Waals surface area contributed by atoms with E-state index in [9.17, 15) is 0 Å². The molecule has 2 unspecified atom stereocenters. The summed E-state index contributed by atoms with van der Waals surface area (Å²) in [5.74, 6) is -0.299. The number of halogens is 3. The molecule has 0 saturated heterocycles. The quantitative estimate of drug-likeness (QED) is 0.180. The van der Waals surface area contributed by atoms with Crippen molar-refractivity contribution in [2.45, 2.75) is 43.6 Å². The van der Waals surface area contributed by atoms with E-state index < -0.39 is 5.79 Å². The van der Waals surface area contributed by atoms with Crippen LogP contribution in [0.15, 0.2) is 0 Å². The predicted octanol–water partition coefficient (Wildman–Crippen LogP) is 0.598. The van der Waals surface area contributed by atoms with Gasteiger partial charge in [-0.2, -0.15) is 11.0 Å². The third kappa shape index (κ3) is 3.09. The summed E-state index contributed by atoms with van der Waals surface area (Å²) in [6.45, 7) is 7.78. The number of fused-ring (bicyclic) bond motifs is 1. The van der Waals surface area contributed by atoms with Crippen molar-refractivity contribution in [3.8, 4) is 0 Å². The van der Waals surface area contributed by atoms with Gasteiger partial charge in [-0.25, -0.2) is 4.39 Å². The van der Waals surface area contributed by atoms with Crippen LogP contribution in [-0.4, -0.2) is 24.8 Å². The molecule has 7 heteroatoms. The smallest absolute Gasteiger partial charge is 0.304 e. The Morgan fingerprint density at radius 2 is 2.00 bits per heavy atom. The number of aromatic nitrogens is 2. The molecule has 1 aromatic rings. The molecule has 19 heavy (non-hydrogen) atoms. The topological polar surface area (TPSA) is 21.1 Å². The molecule has 0 aliphatic carbocycles. The average molecular weight is 515 g/mol. The Morgan fingerprint density at radius 1 is 1.47 bits per heavy atom. The van der Waals surface area contributed by atoms with Crippen LogP contribution in [-0.2, 0) is 12.8 Å². The van der Waals surface area contributed by atoms with E-state index in [1.54, 1.807) is 11.6 Å². The Balaban J connectivity index is 0.00000180. The molecule has 0 amide bonds. The maximum absolute atomic E-state index is 15.3. The van der Waals surface area contributed by atoms with Gasteiger partial charge in [-0.1, -0.05) is 33.8 Å². The molecular formula is C12H17FI2KN3. The van der Waals surface area contributed by atoms with Crippen LogP contribution in [0.1, 0.15) is 39.0 Å². The maximum atomic E-state index is 15.3. The molecular weight excluding hydrogens is 498 g/mol. The normalized spacial score (nSPS) is 27.4. The van der Waals surface area contributed by atoms with Crippen LogP contribution in [0.3, 0.4) is 0 Å². The van der Waals surface area contributed by atoms with Gasteiger partial charge in [0.25, 0.3) is 0 Å². The molecule has 0 bridgehead atoms. The minimum absolute atomic E-state index is 0. The number of rotatable bonds is 1. The maximum Gasteiger partial charge on any atom is 1.00 e. The van der Waals surface area contributed by atoms with Gasteiger partial charge >= 0.3 is 51.4 Å². The van der Waals surface area contributed by atoms with Gasteiger partial charge in [-0.05, 0) is 43.4 Å². The van der Waals surface area contributed by atoms with E-state index in [2.05, 4.69) is 57.2 Å². The third-order valence-corrected chi connectivity index (χ3v) is 5.77. The molecule has 102 valence electrons. The van der Waals surface area contributed by atoms with Gasteiger partial charge < -0.3 is 4.68 Å². The van der Waals surface area contributed by atoms with Crippen LogP contribution in [0.5, 0.6) is 0 Å². The van der Waals surface area contributed by atoms with Crippen molar-refractivity contribution >= 4 is 45.2 Å². The largest absolute Gasteiger partial charge is 1.00 e. The van der Waals surface area contributed by atoms with Gasteiger partial charge in [-0.3, -0.25) is 4.90 Å². The van der Waals surface area contributed by atoms with Crippen molar-refractivity contribution in [3.63, 3.8) is 0 Å². The fraction of sp³-hybridized carbons (Fsp3) is 0.667. The second-order valence-corrected chi connectivity index (χ2v) is 7.31. The zero-order valence-electron chi connectivity index (χ0n) is 12.1. The molecule has 0 saturated carbocycles. The van der Waals surface area contributed by atoms with Crippen molar-refractivity contribution in [2.75, 3.05) is 0 Å². The molecule has 0 fully saturated rings. The first-order chi connectivity index (χ1) is 8.19. The van der Waals surface area contributed by atoms with Gasteiger partial charge in [-0.15, -0.1) is 6.92 Å². The minimum atomic E-state index is -1.47. The van der Waals surface area contributed by atoms with Crippen molar-refractivity contribution in [2.24, 2.45) is 7.05 Å². The molecule has 1 aliphatic rings. The molecule has 2 atom stereocenters. The molecule has 1 aliphatic heterocycles. The van der Waals surface area contributed by atoms with Crippen LogP contribution in [0, 0.1) is 9.62 Å². The molecule has 0 aromatic carbocycles. The number of aryl methyl sites for hydroxylation is 1. The Kier molecular flexibility index (Phi) is 6.71. The van der Waals surface area contributed by atoms with Gasteiger partial charge in [0.1, 0.15) is 5.79 Å². The number of alkyl halides is 2. The fourth-order valence-corrected chi connectivity index (χ4v) is 5.29. The van der Waals surface area contributed by atoms with Crippen molar-refractivity contribution in [1.82, 2.24) is 14.7 Å². The minimum Gasteiger partial charge on any atom is -0.304 e. The van der Waals surface area contributed by atoms with E-state index in [0.29, 0.717) is 5.56 Å². The summed E-state index contributed by atoms with van der Waals surface area (Å²) >= 11 is 4.44. The molecule has 0 radical (unpaired) electrons. The molecule has 0 N–H and O–H groups in total. The summed E-state index contributed by atoms with van der Waals surface area (Å²) in [6.07, 6.45) is 0. The molecule has 2 heterocycles. The molecule has 3 nitrogen and oxygen atoms in total. The fourth-order valence-electron chi connectivity index (χ4n) is 2.76. The summed E-state index contributed by atoms with van der Waals surface area (Å²) in [6, 6.07) is 0.140. The van der Waals surface area contributed by atoms with Crippen molar-refractivity contribution in [1.29, 1.82) is 0 Å². The van der Waals surface area contributed by atoms with E-state index in [1.807, 2.05) is 25.8 Å². The first-order valence-corrected chi connectivity index (χ1v) is 8.20. The van der Waals surface area contributed by atoms with Crippen molar-refractivity contribution < 1.29 is 55.8 Å². The van der Waals surface area contributed by atoms with Crippen LogP contribution >= 0.6 is 45.2 Å². The average Bonchev–Trinajstić information content (AvgIpc) is 2.50. The van der Waals surface area contributed by atoms with Crippen LogP contribution in [0.4, 0.5) is 4.39 Å². The van der Waals surface area contributed by atoms with Crippen molar-refractivity contribution in [3.05, 3.63) is 20.9 Å². The van der Waals surface area contributed by atoms with Gasteiger partial charge in [0.2, 0.25) is 0 Å². The van der Waals surface area contributed by atoms with Crippen LogP contribution < -0.4 is 51.4 Å². The van der Waals surface area contributed by atoms with E-state index in [-0.39, 0.29) is 61.5 Å². The van der Waals surface area contributed by atoms with E-state index in [0.717, 1.165) is 9.39 Å². The Bertz CT molecular complexity index is 476. The number of hydrogen-bond acceptors (Lipinski definition) is 2. The number of nitrogens with zero attached hydrogens (tertiary/aromatic N) is 3. The van der Waals surface area contributed by atoms with Gasteiger partial charge in [0.05, 0.1) is 3.70 Å². The molecule has 1 aromatic heterocycles. The summed E-state index contributed by atoms with van der Waals surface area (Å²) < 4.78 is 17.9. The monoisotopic (exact) mass is 515 g/mol. The SMILES string of the molecule is C[C-]1c2c(c(I)nn2C)C(C)(F)N(C(C)C)C1I.[K+]. The van der Waals surface area contributed by atoms with E-state index in [1.165, 1.54) is 5.92 Å². The first kappa shape index (κ1) is 19.1. The van der Waals surface area contributed by atoms with E-state index in [4.69, 9.17) is 0 Å². The Hall–Kier alpha value is 2.07. The second-order valence-electron chi connectivity index (χ2n) is 5.11. The Labute approximate surface area is 184 Å². The third-order valence-electron chi connectivity index (χ3n) is 3.48. The summed E-state index contributed by atoms with van der Waals surface area (Å²) in [5.41, 5.74) is 1.66. The zero-order valence-corrected chi connectivity index (χ0v) is 19.6. The predicted molar refractivity (Wildman–Crippen MR) is 87.2 cm³/mol. The molecule has 0 spiro atoms. The first-order valence-electron chi connectivity index (χ1n) is 5.87. The Morgan fingerprint density at radius 3 is 2.47 bits per heavy atom. The molecule has 2 rings (SSSR count). The standard InChI is InChI=1S/C12H17FI2N3.K/c1-6(2)18-11(15)7(3)9-8(12(18,4)13)10(14)16-17(9)5;/h6,11H,1-5H3;/q-1;+1. The van der Waals surface area contributed by atoms with E-state index >= 15 is 4.39 Å². The van der Waals surface area contributed by atoms with Crippen LogP contribution in [0.2, 0.25) is 0 Å². The summed E-state index contributed by atoms with van der Waals surface area (Å²) in [5, 5.41) is 4.38. The summed E-state index contributed by atoms with van der Waals surface area (Å²) in [4.78, 5) is 1.91. The number of hydrogen-bond donors (Lipinski definition) is 0. The van der Waals surface area contributed by atoms with Gasteiger partial charge in [0.15, 0.2) is 0 Å². The summed E-state index contributed by atoms with van der Waals surface area (Å²) in [7, 11) is 1.88. The zero-order chi connectivity index (χ0) is 13.8. The van der Waals surface area contributed by atoms with Gasteiger partial charge in [0, 0.05) is 17.1 Å².